The number of hydrogen-bond acceptors (Lipinski definition) is 5. The molecule has 0 unspecified atom stereocenters. The molecule has 2 aromatic rings. The van der Waals surface area contributed by atoms with Crippen LogP contribution in [0.15, 0.2) is 35.1 Å². The van der Waals surface area contributed by atoms with E-state index in [1.54, 1.807) is 34.1 Å². The third-order valence-electron chi connectivity index (χ3n) is 4.37. The predicted molar refractivity (Wildman–Crippen MR) is 93.7 cm³/mol. The maximum absolute atomic E-state index is 12.3. The predicted octanol–water partition coefficient (Wildman–Crippen LogP) is 0.376. The number of pyridine rings is 1. The number of ether oxygens (including phenoxy) is 1. The number of para-hydroxylation sites is 1. The first-order chi connectivity index (χ1) is 12.5. The number of fused-ring (bicyclic) bond motifs is 1. The molecule has 0 atom stereocenters. The normalized spacial score (nSPS) is 14.3. The van der Waals surface area contributed by atoms with E-state index in [9.17, 15) is 19.2 Å². The van der Waals surface area contributed by atoms with E-state index in [2.05, 4.69) is 4.98 Å². The second-order valence-corrected chi connectivity index (χ2v) is 6.06. The van der Waals surface area contributed by atoms with E-state index in [0.717, 1.165) is 0 Å². The molecule has 2 amide bonds. The lowest BCUT2D eigenvalue weighted by molar-refractivity contribution is -0.140. The summed E-state index contributed by atoms with van der Waals surface area (Å²) >= 11 is 0. The van der Waals surface area contributed by atoms with E-state index >= 15 is 0 Å². The number of amides is 2. The molecule has 1 fully saturated rings. The van der Waals surface area contributed by atoms with Gasteiger partial charge in [0.05, 0.1) is 5.56 Å². The average Bonchev–Trinajstić information content (AvgIpc) is 2.65. The highest BCUT2D eigenvalue weighted by Crippen LogP contribution is 2.15. The van der Waals surface area contributed by atoms with Gasteiger partial charge in [-0.25, -0.2) is 4.79 Å². The van der Waals surface area contributed by atoms with Gasteiger partial charge >= 0.3 is 5.97 Å². The summed E-state index contributed by atoms with van der Waals surface area (Å²) in [4.78, 5) is 53.4. The van der Waals surface area contributed by atoms with E-state index in [0.29, 0.717) is 37.1 Å². The monoisotopic (exact) mass is 357 g/mol. The maximum Gasteiger partial charge on any atom is 0.339 e. The molecule has 3 rings (SSSR count). The Kier molecular flexibility index (Phi) is 5.01. The van der Waals surface area contributed by atoms with Gasteiger partial charge in [0.2, 0.25) is 11.5 Å². The molecule has 0 bridgehead atoms. The highest BCUT2D eigenvalue weighted by Gasteiger charge is 2.23. The Morgan fingerprint density at radius 1 is 1.08 bits per heavy atom. The van der Waals surface area contributed by atoms with Gasteiger partial charge < -0.3 is 19.5 Å². The number of carbonyl (C=O) groups is 3. The molecule has 0 spiro atoms. The van der Waals surface area contributed by atoms with Crippen molar-refractivity contribution in [3.63, 3.8) is 0 Å². The molecule has 0 saturated carbocycles. The lowest BCUT2D eigenvalue weighted by Gasteiger charge is -2.34. The van der Waals surface area contributed by atoms with Gasteiger partial charge in [0.15, 0.2) is 6.61 Å². The molecule has 1 aliphatic heterocycles. The lowest BCUT2D eigenvalue weighted by Crippen LogP contribution is -2.51. The first-order valence-corrected chi connectivity index (χ1v) is 8.28. The molecule has 0 radical (unpaired) electrons. The standard InChI is InChI=1S/C18H19N3O5/c1-12(22)20-6-8-21(9-7-20)17(24)11-26-18(25)14-10-16(23)19-15-5-3-2-4-13(14)15/h2-5,10H,6-9,11H2,1H3,(H,19,23). The van der Waals surface area contributed by atoms with E-state index in [1.165, 1.54) is 13.0 Å². The summed E-state index contributed by atoms with van der Waals surface area (Å²) in [6.07, 6.45) is 0. The Bertz CT molecular complexity index is 912. The van der Waals surface area contributed by atoms with Gasteiger partial charge in [-0.15, -0.1) is 0 Å². The zero-order valence-corrected chi connectivity index (χ0v) is 14.4. The van der Waals surface area contributed by atoms with Crippen LogP contribution in [-0.4, -0.2) is 65.4 Å². The number of aromatic nitrogens is 1. The summed E-state index contributed by atoms with van der Waals surface area (Å²) < 4.78 is 5.12. The quantitative estimate of drug-likeness (QED) is 0.801. The largest absolute Gasteiger partial charge is 0.452 e. The van der Waals surface area contributed by atoms with E-state index in [1.807, 2.05) is 0 Å². The number of rotatable bonds is 3. The second-order valence-electron chi connectivity index (χ2n) is 6.06. The molecule has 0 aliphatic carbocycles. The van der Waals surface area contributed by atoms with Crippen LogP contribution >= 0.6 is 0 Å². The minimum Gasteiger partial charge on any atom is -0.452 e. The SMILES string of the molecule is CC(=O)N1CCN(C(=O)COC(=O)c2cc(=O)[nH]c3ccccc23)CC1. The van der Waals surface area contributed by atoms with Gasteiger partial charge in [-0.05, 0) is 6.07 Å². The van der Waals surface area contributed by atoms with Crippen LogP contribution in [0.2, 0.25) is 0 Å². The van der Waals surface area contributed by atoms with Crippen molar-refractivity contribution < 1.29 is 19.1 Å². The van der Waals surface area contributed by atoms with Crippen LogP contribution in [-0.2, 0) is 14.3 Å². The molecule has 1 N–H and O–H groups in total. The fourth-order valence-electron chi connectivity index (χ4n) is 2.94. The molecular formula is C18H19N3O5. The number of H-pyrrole nitrogens is 1. The average molecular weight is 357 g/mol. The number of aromatic amines is 1. The molecule has 1 aromatic carbocycles. The molecule has 1 saturated heterocycles. The van der Waals surface area contributed by atoms with Gasteiger partial charge in [-0.3, -0.25) is 14.4 Å². The summed E-state index contributed by atoms with van der Waals surface area (Å²) in [5.41, 5.74) is 0.236. The zero-order valence-electron chi connectivity index (χ0n) is 14.4. The number of nitrogens with one attached hydrogen (secondary N) is 1. The minimum absolute atomic E-state index is 0.0234. The third-order valence-corrected chi connectivity index (χ3v) is 4.37. The van der Waals surface area contributed by atoms with Gasteiger partial charge in [0.25, 0.3) is 5.91 Å². The topological polar surface area (TPSA) is 99.8 Å². The highest BCUT2D eigenvalue weighted by atomic mass is 16.5. The Labute approximate surface area is 149 Å². The van der Waals surface area contributed by atoms with E-state index in [4.69, 9.17) is 4.74 Å². The number of carbonyl (C=O) groups excluding carboxylic acids is 3. The molecule has 1 aliphatic rings. The van der Waals surface area contributed by atoms with Gasteiger partial charge in [-0.2, -0.15) is 0 Å². The van der Waals surface area contributed by atoms with Crippen molar-refractivity contribution >= 4 is 28.7 Å². The highest BCUT2D eigenvalue weighted by molar-refractivity contribution is 6.03. The van der Waals surface area contributed by atoms with Crippen molar-refractivity contribution in [3.8, 4) is 0 Å². The number of benzene rings is 1. The Morgan fingerprint density at radius 2 is 1.73 bits per heavy atom. The van der Waals surface area contributed by atoms with Crippen LogP contribution < -0.4 is 5.56 Å². The fourth-order valence-corrected chi connectivity index (χ4v) is 2.94. The molecule has 26 heavy (non-hydrogen) atoms. The first-order valence-electron chi connectivity index (χ1n) is 8.28. The molecular weight excluding hydrogens is 338 g/mol. The maximum atomic E-state index is 12.3. The van der Waals surface area contributed by atoms with Crippen molar-refractivity contribution in [2.45, 2.75) is 6.92 Å². The van der Waals surface area contributed by atoms with Gasteiger partial charge in [0, 0.05) is 50.1 Å². The molecule has 2 heterocycles. The molecule has 8 nitrogen and oxygen atoms in total. The van der Waals surface area contributed by atoms with Crippen LogP contribution in [0, 0.1) is 0 Å². The van der Waals surface area contributed by atoms with Crippen molar-refractivity contribution in [2.75, 3.05) is 32.8 Å². The van der Waals surface area contributed by atoms with Crippen LogP contribution in [0.1, 0.15) is 17.3 Å². The third kappa shape index (κ3) is 3.74. The van der Waals surface area contributed by atoms with Crippen molar-refractivity contribution in [2.24, 2.45) is 0 Å². The smallest absolute Gasteiger partial charge is 0.339 e. The fraction of sp³-hybridized carbons (Fsp3) is 0.333. The summed E-state index contributed by atoms with van der Waals surface area (Å²) in [6.45, 7) is 2.83. The summed E-state index contributed by atoms with van der Waals surface area (Å²) in [7, 11) is 0. The lowest BCUT2D eigenvalue weighted by atomic mass is 10.1. The molecule has 1 aromatic heterocycles. The van der Waals surface area contributed by atoms with Crippen LogP contribution in [0.4, 0.5) is 0 Å². The number of nitrogens with zero attached hydrogens (tertiary/aromatic N) is 2. The summed E-state index contributed by atoms with van der Waals surface area (Å²) in [5.74, 6) is -1.07. The van der Waals surface area contributed by atoms with Crippen LogP contribution in [0.25, 0.3) is 10.9 Å². The Morgan fingerprint density at radius 3 is 2.42 bits per heavy atom. The first kappa shape index (κ1) is 17.7. The molecule has 136 valence electrons. The number of esters is 1. The Hall–Kier alpha value is -3.16. The molecule has 8 heteroatoms. The number of hydrogen-bond donors (Lipinski definition) is 1. The number of piperazine rings is 1. The Balaban J connectivity index is 1.64. The van der Waals surface area contributed by atoms with E-state index < -0.39 is 18.1 Å². The summed E-state index contributed by atoms with van der Waals surface area (Å²) in [5, 5.41) is 0.555. The van der Waals surface area contributed by atoms with E-state index in [-0.39, 0.29) is 17.4 Å². The second kappa shape index (κ2) is 7.38. The zero-order chi connectivity index (χ0) is 18.7. The summed E-state index contributed by atoms with van der Waals surface area (Å²) in [6, 6.07) is 8.05. The van der Waals surface area contributed by atoms with Gasteiger partial charge in [-0.1, -0.05) is 18.2 Å². The van der Waals surface area contributed by atoms with Crippen LogP contribution in [0.3, 0.4) is 0 Å². The van der Waals surface area contributed by atoms with Crippen molar-refractivity contribution in [1.29, 1.82) is 0 Å². The van der Waals surface area contributed by atoms with Crippen molar-refractivity contribution in [3.05, 3.63) is 46.2 Å². The van der Waals surface area contributed by atoms with Crippen molar-refractivity contribution in [1.82, 2.24) is 14.8 Å². The van der Waals surface area contributed by atoms with Gasteiger partial charge in [0.1, 0.15) is 0 Å². The van der Waals surface area contributed by atoms with Crippen LogP contribution in [0.5, 0.6) is 0 Å². The minimum atomic E-state index is -0.719.